The lowest BCUT2D eigenvalue weighted by atomic mass is 10.2. The van der Waals surface area contributed by atoms with Gasteiger partial charge in [0.2, 0.25) is 0 Å². The minimum Gasteiger partial charge on any atom is -0.378 e. The van der Waals surface area contributed by atoms with Gasteiger partial charge in [0.15, 0.2) is 0 Å². The lowest BCUT2D eigenvalue weighted by Gasteiger charge is -2.17. The van der Waals surface area contributed by atoms with Gasteiger partial charge in [0.25, 0.3) is 5.56 Å². The number of nitrogens with one attached hydrogen (secondary N) is 1. The number of likely N-dealkylation sites (tertiary alicyclic amines) is 1. The van der Waals surface area contributed by atoms with E-state index in [1.54, 1.807) is 10.6 Å². The van der Waals surface area contributed by atoms with E-state index in [2.05, 4.69) is 34.5 Å². The van der Waals surface area contributed by atoms with Crippen LogP contribution in [-0.2, 0) is 13.1 Å². The number of halogens is 2. The smallest absolute Gasteiger partial charge is 0.276 e. The Morgan fingerprint density at radius 1 is 1.06 bits per heavy atom. The van der Waals surface area contributed by atoms with Crippen LogP contribution in [0, 0.1) is 0 Å². The van der Waals surface area contributed by atoms with Gasteiger partial charge in [-0.25, -0.2) is 4.98 Å². The van der Waals surface area contributed by atoms with Crippen molar-refractivity contribution in [2.24, 2.45) is 0 Å². The first kappa shape index (κ1) is 22.8. The maximum absolute atomic E-state index is 13.3. The number of anilines is 1. The number of hydrogen-bond acceptors (Lipinski definition) is 5. The Labute approximate surface area is 202 Å². The molecule has 1 aliphatic heterocycles. The summed E-state index contributed by atoms with van der Waals surface area (Å²) in [5, 5.41) is 5.88. The van der Waals surface area contributed by atoms with Crippen molar-refractivity contribution in [3.05, 3.63) is 86.7 Å². The fraction of sp³-hybridized carbons (Fsp3) is 0.250. The summed E-state index contributed by atoms with van der Waals surface area (Å²) in [7, 11) is 0. The quantitative estimate of drug-likeness (QED) is 0.378. The Morgan fingerprint density at radius 2 is 1.88 bits per heavy atom. The third-order valence-electron chi connectivity index (χ3n) is 5.63. The van der Waals surface area contributed by atoms with Crippen LogP contribution in [0.2, 0.25) is 5.02 Å². The number of aromatic nitrogens is 2. The summed E-state index contributed by atoms with van der Waals surface area (Å²) in [5.74, 6) is 0.633. The predicted molar refractivity (Wildman–Crippen MR) is 136 cm³/mol. The van der Waals surface area contributed by atoms with Gasteiger partial charge in [0.1, 0.15) is 10.5 Å². The number of para-hydroxylation sites is 1. The average Bonchev–Trinajstić information content (AvgIpc) is 3.46. The lowest BCUT2D eigenvalue weighted by Crippen LogP contribution is -2.25. The monoisotopic (exact) mass is 486 g/mol. The molecule has 5 nitrogen and oxygen atoms in total. The van der Waals surface area contributed by atoms with Crippen LogP contribution in [0.15, 0.2) is 64.8 Å². The number of benzene rings is 2. The third kappa shape index (κ3) is 4.69. The Bertz CT molecular complexity index is 1280. The van der Waals surface area contributed by atoms with Crippen LogP contribution in [0.25, 0.3) is 15.9 Å². The molecule has 0 amide bonds. The second kappa shape index (κ2) is 10.0. The molecule has 0 spiro atoms. The largest absolute Gasteiger partial charge is 0.378 e. The van der Waals surface area contributed by atoms with E-state index in [-0.39, 0.29) is 18.0 Å². The number of fused-ring (bicyclic) bond motifs is 1. The van der Waals surface area contributed by atoms with Crippen LogP contribution in [-0.4, -0.2) is 27.5 Å². The van der Waals surface area contributed by atoms with Crippen LogP contribution in [0.4, 0.5) is 5.69 Å². The second-order valence-corrected chi connectivity index (χ2v) is 9.12. The van der Waals surface area contributed by atoms with E-state index in [0.29, 0.717) is 27.8 Å². The van der Waals surface area contributed by atoms with Gasteiger partial charge in [-0.2, -0.15) is 0 Å². The molecule has 166 valence electrons. The zero-order valence-electron chi connectivity index (χ0n) is 17.5. The highest BCUT2D eigenvalue weighted by molar-refractivity contribution is 7.17. The van der Waals surface area contributed by atoms with Gasteiger partial charge in [-0.3, -0.25) is 14.3 Å². The molecule has 0 saturated carbocycles. The summed E-state index contributed by atoms with van der Waals surface area (Å²) in [5.41, 5.74) is 3.58. The van der Waals surface area contributed by atoms with Crippen molar-refractivity contribution in [2.45, 2.75) is 25.9 Å². The van der Waals surface area contributed by atoms with E-state index in [0.717, 1.165) is 17.7 Å². The van der Waals surface area contributed by atoms with Crippen molar-refractivity contribution in [1.29, 1.82) is 0 Å². The molecule has 3 heterocycles. The summed E-state index contributed by atoms with van der Waals surface area (Å²) in [4.78, 5) is 20.5. The predicted octanol–water partition coefficient (Wildman–Crippen LogP) is 5.73. The zero-order chi connectivity index (χ0) is 21.2. The van der Waals surface area contributed by atoms with Gasteiger partial charge in [-0.15, -0.1) is 23.7 Å². The standard InChI is InChI=1S/C24H23ClN4OS.ClH/c25-19-8-1-2-9-21(19)29-22(27-20-10-13-31-23(20)24(29)30)15-26-18-7-5-6-17(14-18)16-28-11-3-4-12-28;/h1-2,5-10,13-14,26H,3-4,11-12,15-16H2;1H. The van der Waals surface area contributed by atoms with E-state index in [9.17, 15) is 4.79 Å². The van der Waals surface area contributed by atoms with Crippen LogP contribution in [0.1, 0.15) is 24.2 Å². The Kier molecular flexibility index (Phi) is 7.16. The van der Waals surface area contributed by atoms with Crippen molar-refractivity contribution in [3.8, 4) is 5.69 Å². The van der Waals surface area contributed by atoms with Crippen LogP contribution in [0.3, 0.4) is 0 Å². The van der Waals surface area contributed by atoms with Gasteiger partial charge in [0.05, 0.1) is 22.8 Å². The minimum atomic E-state index is -0.0901. The topological polar surface area (TPSA) is 50.2 Å². The molecule has 8 heteroatoms. The lowest BCUT2D eigenvalue weighted by molar-refractivity contribution is 0.331. The first-order valence-corrected chi connectivity index (χ1v) is 11.7. The van der Waals surface area contributed by atoms with Crippen molar-refractivity contribution < 1.29 is 0 Å². The third-order valence-corrected chi connectivity index (χ3v) is 6.84. The van der Waals surface area contributed by atoms with Crippen LogP contribution >= 0.6 is 35.3 Å². The molecule has 5 rings (SSSR count). The summed E-state index contributed by atoms with van der Waals surface area (Å²) < 4.78 is 2.26. The first-order chi connectivity index (χ1) is 15.2. The maximum Gasteiger partial charge on any atom is 0.276 e. The van der Waals surface area contributed by atoms with Gasteiger partial charge in [-0.1, -0.05) is 35.9 Å². The Morgan fingerprint density at radius 3 is 2.69 bits per heavy atom. The molecule has 2 aromatic heterocycles. The number of hydrogen-bond donors (Lipinski definition) is 1. The minimum absolute atomic E-state index is 0. The van der Waals surface area contributed by atoms with Gasteiger partial charge >= 0.3 is 0 Å². The van der Waals surface area contributed by atoms with Gasteiger partial charge in [0, 0.05) is 12.2 Å². The number of rotatable bonds is 6. The average molecular weight is 487 g/mol. The molecular weight excluding hydrogens is 463 g/mol. The second-order valence-electron chi connectivity index (χ2n) is 7.79. The van der Waals surface area contributed by atoms with E-state index < -0.39 is 0 Å². The molecule has 32 heavy (non-hydrogen) atoms. The van der Waals surface area contributed by atoms with Crippen molar-refractivity contribution in [1.82, 2.24) is 14.5 Å². The highest BCUT2D eigenvalue weighted by Gasteiger charge is 2.16. The highest BCUT2D eigenvalue weighted by Crippen LogP contribution is 2.23. The summed E-state index contributed by atoms with van der Waals surface area (Å²) in [6, 6.07) is 17.7. The summed E-state index contributed by atoms with van der Waals surface area (Å²) in [6.45, 7) is 3.73. The van der Waals surface area contributed by atoms with Gasteiger partial charge < -0.3 is 5.32 Å². The first-order valence-electron chi connectivity index (χ1n) is 10.5. The Balaban J connectivity index is 0.00000245. The molecule has 2 aromatic carbocycles. The zero-order valence-corrected chi connectivity index (χ0v) is 19.8. The molecule has 1 aliphatic rings. The van der Waals surface area contributed by atoms with E-state index in [4.69, 9.17) is 16.6 Å². The number of thiophene rings is 1. The molecular formula is C24H24Cl2N4OS. The number of nitrogens with zero attached hydrogens (tertiary/aromatic N) is 3. The van der Waals surface area contributed by atoms with Crippen molar-refractivity contribution in [2.75, 3.05) is 18.4 Å². The van der Waals surface area contributed by atoms with E-state index in [1.165, 1.54) is 42.8 Å². The van der Waals surface area contributed by atoms with E-state index >= 15 is 0 Å². The molecule has 0 unspecified atom stereocenters. The summed E-state index contributed by atoms with van der Waals surface area (Å²) in [6.07, 6.45) is 2.57. The Hall–Kier alpha value is -2.38. The van der Waals surface area contributed by atoms with Crippen LogP contribution in [0.5, 0.6) is 0 Å². The molecule has 1 fully saturated rings. The molecule has 0 aliphatic carbocycles. The maximum atomic E-state index is 13.3. The normalized spacial score (nSPS) is 13.9. The molecule has 0 atom stereocenters. The van der Waals surface area contributed by atoms with Crippen LogP contribution < -0.4 is 10.9 Å². The molecule has 1 N–H and O–H groups in total. The molecule has 1 saturated heterocycles. The SMILES string of the molecule is Cl.O=c1c2sccc2nc(CNc2cccc(CN3CCCC3)c2)n1-c1ccccc1Cl. The molecule has 0 bridgehead atoms. The van der Waals surface area contributed by atoms with Gasteiger partial charge in [-0.05, 0) is 67.2 Å². The highest BCUT2D eigenvalue weighted by atomic mass is 35.5. The fourth-order valence-corrected chi connectivity index (χ4v) is 5.10. The van der Waals surface area contributed by atoms with Crippen molar-refractivity contribution in [3.63, 3.8) is 0 Å². The summed E-state index contributed by atoms with van der Waals surface area (Å²) >= 11 is 7.84. The molecule has 0 radical (unpaired) electrons. The van der Waals surface area contributed by atoms with E-state index in [1.807, 2.05) is 29.6 Å². The van der Waals surface area contributed by atoms with Crippen molar-refractivity contribution >= 4 is 51.2 Å². The fourth-order valence-electron chi connectivity index (χ4n) is 4.12. The molecule has 4 aromatic rings.